The van der Waals surface area contributed by atoms with Gasteiger partial charge in [0.1, 0.15) is 22.6 Å². The van der Waals surface area contributed by atoms with Gasteiger partial charge in [-0.15, -0.1) is 0 Å². The topological polar surface area (TPSA) is 164 Å². The van der Waals surface area contributed by atoms with E-state index in [1.165, 1.54) is 4.68 Å². The fraction of sp³-hybridized carbons (Fsp3) is 0.559. The number of carbonyl (C=O) groups excluding carboxylic acids is 2. The molecular weight excluding hydrogens is 630 g/mol. The number of nitriles is 1. The molecule has 1 aliphatic heterocycles. The maximum atomic E-state index is 13.7. The molecule has 0 bridgehead atoms. The number of imide groups is 1. The number of carbonyl (C=O) groups is 2. The SMILES string of the molecule is CO[C@H]1C[C@](CC#N)(n2cc(-c3nc(-c4cc(N(C(=O)OC(C)(C)C)C(=O)OC(C)(C)C)n(C5CCCCO5)n4)cn4nccc34)cn2)C1. The third-order valence-corrected chi connectivity index (χ3v) is 8.48. The number of methoxy groups -OCH3 is 1. The van der Waals surface area contributed by atoms with E-state index in [0.717, 1.165) is 28.8 Å². The summed E-state index contributed by atoms with van der Waals surface area (Å²) >= 11 is 0. The Kier molecular flexibility index (Phi) is 8.97. The number of hydrogen-bond acceptors (Lipinski definition) is 11. The molecule has 6 rings (SSSR count). The van der Waals surface area contributed by atoms with Crippen LogP contribution < -0.4 is 4.90 Å². The minimum atomic E-state index is -0.910. The fourth-order valence-electron chi connectivity index (χ4n) is 6.16. The van der Waals surface area contributed by atoms with E-state index in [1.54, 1.807) is 77.8 Å². The van der Waals surface area contributed by atoms with Crippen molar-refractivity contribution in [2.24, 2.45) is 0 Å². The Balaban J connectivity index is 1.46. The molecule has 260 valence electrons. The number of hydrogen-bond donors (Lipinski definition) is 0. The highest BCUT2D eigenvalue weighted by atomic mass is 16.6. The van der Waals surface area contributed by atoms with E-state index in [4.69, 9.17) is 29.0 Å². The first kappa shape index (κ1) is 34.1. The van der Waals surface area contributed by atoms with E-state index in [2.05, 4.69) is 16.3 Å². The lowest BCUT2D eigenvalue weighted by Gasteiger charge is -2.45. The Bertz CT molecular complexity index is 1850. The molecule has 1 unspecified atom stereocenters. The predicted octanol–water partition coefficient (Wildman–Crippen LogP) is 6.25. The number of fused-ring (bicyclic) bond motifs is 1. The van der Waals surface area contributed by atoms with Gasteiger partial charge in [0, 0.05) is 31.5 Å². The highest BCUT2D eigenvalue weighted by molar-refractivity contribution is 6.09. The predicted molar refractivity (Wildman–Crippen MR) is 177 cm³/mol. The van der Waals surface area contributed by atoms with Crippen molar-refractivity contribution in [1.29, 1.82) is 5.26 Å². The Morgan fingerprint density at radius 3 is 2.39 bits per heavy atom. The first-order valence-electron chi connectivity index (χ1n) is 16.5. The molecule has 15 heteroatoms. The maximum absolute atomic E-state index is 13.7. The molecule has 2 amide bonds. The number of amides is 2. The number of aromatic nitrogens is 7. The van der Waals surface area contributed by atoms with Gasteiger partial charge in [0.25, 0.3) is 0 Å². The second kappa shape index (κ2) is 12.9. The monoisotopic (exact) mass is 673 g/mol. The molecule has 2 fully saturated rings. The first-order chi connectivity index (χ1) is 23.2. The summed E-state index contributed by atoms with van der Waals surface area (Å²) in [5, 5.41) is 23.6. The fourth-order valence-corrected chi connectivity index (χ4v) is 6.16. The van der Waals surface area contributed by atoms with Crippen LogP contribution in [0.15, 0.2) is 36.9 Å². The Morgan fingerprint density at radius 2 is 1.78 bits per heavy atom. The lowest BCUT2D eigenvalue weighted by atomic mass is 9.72. The second-order valence-corrected chi connectivity index (χ2v) is 14.6. The van der Waals surface area contributed by atoms with Gasteiger partial charge in [0.15, 0.2) is 12.0 Å². The maximum Gasteiger partial charge on any atom is 0.425 e. The summed E-state index contributed by atoms with van der Waals surface area (Å²) in [7, 11) is 1.68. The summed E-state index contributed by atoms with van der Waals surface area (Å²) < 4.78 is 28.0. The van der Waals surface area contributed by atoms with Crippen molar-refractivity contribution in [2.75, 3.05) is 18.6 Å². The van der Waals surface area contributed by atoms with Gasteiger partial charge in [-0.2, -0.15) is 25.5 Å². The second-order valence-electron chi connectivity index (χ2n) is 14.6. The van der Waals surface area contributed by atoms with Gasteiger partial charge in [0.05, 0.1) is 53.9 Å². The summed E-state index contributed by atoms with van der Waals surface area (Å²) in [5.41, 5.74) is 0.612. The van der Waals surface area contributed by atoms with E-state index in [1.807, 2.05) is 16.9 Å². The molecule has 1 saturated heterocycles. The summed E-state index contributed by atoms with van der Waals surface area (Å²) in [4.78, 5) is 33.3. The van der Waals surface area contributed by atoms with Crippen molar-refractivity contribution in [3.63, 3.8) is 0 Å². The van der Waals surface area contributed by atoms with Gasteiger partial charge in [-0.3, -0.25) is 4.68 Å². The number of nitrogens with zero attached hydrogens (tertiary/aromatic N) is 9. The van der Waals surface area contributed by atoms with E-state index >= 15 is 0 Å². The Morgan fingerprint density at radius 1 is 1.06 bits per heavy atom. The van der Waals surface area contributed by atoms with Crippen molar-refractivity contribution in [1.82, 2.24) is 34.2 Å². The van der Waals surface area contributed by atoms with Crippen molar-refractivity contribution in [2.45, 2.75) is 109 Å². The zero-order valence-electron chi connectivity index (χ0n) is 29.0. The standard InChI is InChI=1S/C34H43N9O6/c1-32(2,3)48-30(44)42(31(45)49-33(4,5)6)27-16-24(39-43(27)28-10-8-9-15-47-28)25-21-40-26(11-14-36-40)29(38-25)22-19-37-41(20-22)34(12-13-35)17-23(18-34)46-7/h11,14,16,19-21,23,28H,8-10,12,15,17-18H2,1-7H3/t23-,28?,34-. The highest BCUT2D eigenvalue weighted by Crippen LogP contribution is 2.44. The van der Waals surface area contributed by atoms with Gasteiger partial charge < -0.3 is 18.9 Å². The normalized spacial score (nSPS) is 21.2. The molecule has 0 radical (unpaired) electrons. The summed E-state index contributed by atoms with van der Waals surface area (Å²) in [6, 6.07) is 5.77. The molecule has 49 heavy (non-hydrogen) atoms. The van der Waals surface area contributed by atoms with Crippen molar-refractivity contribution in [3.8, 4) is 28.7 Å². The van der Waals surface area contributed by atoms with Gasteiger partial charge in [-0.25, -0.2) is 23.8 Å². The first-order valence-corrected chi connectivity index (χ1v) is 16.5. The van der Waals surface area contributed by atoms with Gasteiger partial charge in [-0.05, 0) is 79.7 Å². The number of rotatable bonds is 7. The van der Waals surface area contributed by atoms with Crippen molar-refractivity contribution >= 4 is 23.5 Å². The average molecular weight is 674 g/mol. The van der Waals surface area contributed by atoms with Crippen LogP contribution in [-0.2, 0) is 24.5 Å². The molecule has 4 aromatic rings. The largest absolute Gasteiger partial charge is 0.443 e. The Labute approximate surface area is 284 Å². The molecule has 1 saturated carbocycles. The van der Waals surface area contributed by atoms with Gasteiger partial charge >= 0.3 is 12.2 Å². The van der Waals surface area contributed by atoms with Crippen LogP contribution in [0.4, 0.5) is 15.4 Å². The minimum absolute atomic E-state index is 0.0716. The summed E-state index contributed by atoms with van der Waals surface area (Å²) in [5.74, 6) is 0.123. The zero-order chi connectivity index (χ0) is 35.1. The van der Waals surface area contributed by atoms with Crippen LogP contribution in [0, 0.1) is 11.3 Å². The molecular formula is C34H43N9O6. The van der Waals surface area contributed by atoms with Crippen LogP contribution in [0.3, 0.4) is 0 Å². The molecule has 1 aliphatic carbocycles. The average Bonchev–Trinajstić information content (AvgIpc) is 3.77. The smallest absolute Gasteiger partial charge is 0.425 e. The van der Waals surface area contributed by atoms with Gasteiger partial charge in [-0.1, -0.05) is 0 Å². The van der Waals surface area contributed by atoms with Crippen LogP contribution in [0.25, 0.3) is 28.2 Å². The highest BCUT2D eigenvalue weighted by Gasteiger charge is 2.47. The van der Waals surface area contributed by atoms with Crippen LogP contribution >= 0.6 is 0 Å². The van der Waals surface area contributed by atoms with Crippen LogP contribution in [0.1, 0.15) is 86.3 Å². The summed E-state index contributed by atoms with van der Waals surface area (Å²) in [6.45, 7) is 10.8. The quantitative estimate of drug-likeness (QED) is 0.218. The third-order valence-electron chi connectivity index (χ3n) is 8.48. The Hall–Kier alpha value is -4.81. The molecule has 15 nitrogen and oxygen atoms in total. The molecule has 5 heterocycles. The zero-order valence-corrected chi connectivity index (χ0v) is 29.0. The van der Waals surface area contributed by atoms with Crippen LogP contribution in [0.2, 0.25) is 0 Å². The number of anilines is 1. The molecule has 0 spiro atoms. The van der Waals surface area contributed by atoms with E-state index < -0.39 is 35.2 Å². The van der Waals surface area contributed by atoms with Crippen molar-refractivity contribution < 1.29 is 28.5 Å². The lowest BCUT2D eigenvalue weighted by Crippen LogP contribution is -2.50. The third kappa shape index (κ3) is 7.02. The van der Waals surface area contributed by atoms with E-state index in [0.29, 0.717) is 49.4 Å². The molecule has 0 aromatic carbocycles. The number of ether oxygens (including phenoxy) is 4. The van der Waals surface area contributed by atoms with Crippen molar-refractivity contribution in [3.05, 3.63) is 36.9 Å². The van der Waals surface area contributed by atoms with Crippen LogP contribution in [-0.4, -0.2) is 77.4 Å². The van der Waals surface area contributed by atoms with Gasteiger partial charge in [0.2, 0.25) is 0 Å². The molecule has 1 atom stereocenters. The van der Waals surface area contributed by atoms with E-state index in [9.17, 15) is 14.9 Å². The summed E-state index contributed by atoms with van der Waals surface area (Å²) in [6.07, 6.45) is 8.79. The lowest BCUT2D eigenvalue weighted by molar-refractivity contribution is -0.0542. The molecule has 4 aromatic heterocycles. The van der Waals surface area contributed by atoms with Crippen LogP contribution in [0.5, 0.6) is 0 Å². The minimum Gasteiger partial charge on any atom is -0.443 e. The van der Waals surface area contributed by atoms with E-state index in [-0.39, 0.29) is 11.9 Å². The molecule has 0 N–H and O–H groups in total. The molecule has 2 aliphatic rings.